The Morgan fingerprint density at radius 1 is 1.50 bits per heavy atom. The van der Waals surface area contributed by atoms with Gasteiger partial charge in [-0.3, -0.25) is 9.89 Å². The molecule has 1 heterocycles. The molecule has 0 radical (unpaired) electrons. The van der Waals surface area contributed by atoms with Gasteiger partial charge in [0, 0.05) is 5.69 Å². The van der Waals surface area contributed by atoms with Crippen molar-refractivity contribution in [1.29, 1.82) is 0 Å². The van der Waals surface area contributed by atoms with Crippen molar-refractivity contribution in [2.45, 2.75) is 26.3 Å². The average Bonchev–Trinajstić information content (AvgIpc) is 2.62. The molecule has 0 spiro atoms. The van der Waals surface area contributed by atoms with Gasteiger partial charge in [0.2, 0.25) is 0 Å². The fraction of sp³-hybridized carbons (Fsp3) is 0.500. The van der Waals surface area contributed by atoms with Crippen molar-refractivity contribution in [3.05, 3.63) is 17.5 Å². The summed E-state index contributed by atoms with van der Waals surface area (Å²) in [6, 6.07) is 0. The number of esters is 1. The summed E-state index contributed by atoms with van der Waals surface area (Å²) in [5.74, 6) is -0.858. The van der Waals surface area contributed by atoms with Crippen LogP contribution in [0.1, 0.15) is 29.9 Å². The molecule has 0 bridgehead atoms. The van der Waals surface area contributed by atoms with E-state index in [0.29, 0.717) is 11.3 Å². The van der Waals surface area contributed by atoms with Crippen LogP contribution in [-0.2, 0) is 9.53 Å². The van der Waals surface area contributed by atoms with Crippen molar-refractivity contribution in [1.82, 2.24) is 15.5 Å². The number of aryl methyl sites for hydroxylation is 1. The molecule has 0 aromatic carbocycles. The number of aromatic nitrogens is 2. The van der Waals surface area contributed by atoms with Crippen LogP contribution in [0.2, 0.25) is 0 Å². The molecule has 6 nitrogen and oxygen atoms in total. The number of nitrogens with zero attached hydrogens (tertiary/aromatic N) is 1. The molecule has 0 fully saturated rings. The van der Waals surface area contributed by atoms with E-state index in [2.05, 4.69) is 20.3 Å². The van der Waals surface area contributed by atoms with Crippen molar-refractivity contribution < 1.29 is 14.3 Å². The van der Waals surface area contributed by atoms with Gasteiger partial charge in [0.25, 0.3) is 5.91 Å². The Morgan fingerprint density at radius 2 is 2.12 bits per heavy atom. The van der Waals surface area contributed by atoms with Crippen molar-refractivity contribution in [3.63, 3.8) is 0 Å². The molecule has 0 saturated carbocycles. The van der Waals surface area contributed by atoms with Gasteiger partial charge in [0.1, 0.15) is 5.54 Å². The van der Waals surface area contributed by atoms with E-state index in [-0.39, 0.29) is 5.91 Å². The predicted octanol–water partition coefficient (Wildman–Crippen LogP) is 0.400. The van der Waals surface area contributed by atoms with Gasteiger partial charge in [0.15, 0.2) is 0 Å². The molecule has 0 saturated heterocycles. The zero-order chi connectivity index (χ0) is 12.3. The number of rotatable bonds is 3. The third-order valence-corrected chi connectivity index (χ3v) is 2.20. The Bertz CT molecular complexity index is 409. The molecule has 0 unspecified atom stereocenters. The molecule has 0 aliphatic rings. The van der Waals surface area contributed by atoms with Crippen LogP contribution in [0.25, 0.3) is 0 Å². The first kappa shape index (κ1) is 12.2. The van der Waals surface area contributed by atoms with E-state index in [1.807, 2.05) is 0 Å². The van der Waals surface area contributed by atoms with E-state index in [9.17, 15) is 9.59 Å². The topological polar surface area (TPSA) is 84.1 Å². The molecule has 1 rings (SSSR count). The highest BCUT2D eigenvalue weighted by Crippen LogP contribution is 2.08. The lowest BCUT2D eigenvalue weighted by Crippen LogP contribution is -2.50. The lowest BCUT2D eigenvalue weighted by Gasteiger charge is -2.22. The second kappa shape index (κ2) is 4.34. The fourth-order valence-electron chi connectivity index (χ4n) is 1.24. The van der Waals surface area contributed by atoms with Gasteiger partial charge in [-0.25, -0.2) is 4.79 Å². The predicted molar refractivity (Wildman–Crippen MR) is 56.9 cm³/mol. The molecule has 88 valence electrons. The molecule has 0 aliphatic carbocycles. The lowest BCUT2D eigenvalue weighted by molar-refractivity contribution is -0.146. The van der Waals surface area contributed by atoms with Gasteiger partial charge in [0.05, 0.1) is 18.9 Å². The minimum Gasteiger partial charge on any atom is -0.467 e. The third kappa shape index (κ3) is 2.39. The molecule has 0 aliphatic heterocycles. The lowest BCUT2D eigenvalue weighted by atomic mass is 10.1. The first-order valence-corrected chi connectivity index (χ1v) is 4.79. The summed E-state index contributed by atoms with van der Waals surface area (Å²) < 4.78 is 4.59. The van der Waals surface area contributed by atoms with Crippen LogP contribution in [0.3, 0.4) is 0 Å². The number of methoxy groups -OCH3 is 1. The summed E-state index contributed by atoms with van der Waals surface area (Å²) in [6.45, 7) is 4.88. The Balaban J connectivity index is 2.79. The van der Waals surface area contributed by atoms with Crippen molar-refractivity contribution >= 4 is 11.9 Å². The second-order valence-corrected chi connectivity index (χ2v) is 3.98. The zero-order valence-corrected chi connectivity index (χ0v) is 9.75. The molecular formula is C10H15N3O3. The Kier molecular flexibility index (Phi) is 3.31. The number of hydrogen-bond acceptors (Lipinski definition) is 4. The van der Waals surface area contributed by atoms with Crippen LogP contribution < -0.4 is 5.32 Å². The van der Waals surface area contributed by atoms with E-state index >= 15 is 0 Å². The molecular weight excluding hydrogens is 210 g/mol. The number of nitrogens with one attached hydrogen (secondary N) is 2. The maximum atomic E-state index is 11.8. The molecule has 1 aromatic rings. The van der Waals surface area contributed by atoms with E-state index in [4.69, 9.17) is 0 Å². The van der Waals surface area contributed by atoms with E-state index < -0.39 is 11.5 Å². The third-order valence-electron chi connectivity index (χ3n) is 2.20. The summed E-state index contributed by atoms with van der Waals surface area (Å²) in [4.78, 5) is 23.1. The first-order valence-electron chi connectivity index (χ1n) is 4.79. The standard InChI is InChI=1S/C10H15N3O3/c1-6-7(5-11-13-6)8(14)12-10(2,3)9(15)16-4/h5H,1-4H3,(H,11,13)(H,12,14). The monoisotopic (exact) mass is 225 g/mol. The normalized spacial score (nSPS) is 11.0. The maximum absolute atomic E-state index is 11.8. The number of ether oxygens (including phenoxy) is 1. The van der Waals surface area contributed by atoms with E-state index in [1.165, 1.54) is 13.3 Å². The minimum absolute atomic E-state index is 0.360. The fourth-order valence-corrected chi connectivity index (χ4v) is 1.24. The van der Waals surface area contributed by atoms with Crippen LogP contribution in [0.4, 0.5) is 0 Å². The Morgan fingerprint density at radius 3 is 2.56 bits per heavy atom. The largest absolute Gasteiger partial charge is 0.467 e. The SMILES string of the molecule is COC(=O)C(C)(C)NC(=O)c1cn[nH]c1C. The zero-order valence-electron chi connectivity index (χ0n) is 9.75. The molecule has 2 N–H and O–H groups in total. The second-order valence-electron chi connectivity index (χ2n) is 3.98. The Labute approximate surface area is 93.4 Å². The number of carbonyl (C=O) groups is 2. The molecule has 6 heteroatoms. The van der Waals surface area contributed by atoms with Gasteiger partial charge in [-0.2, -0.15) is 5.10 Å². The number of carbonyl (C=O) groups excluding carboxylic acids is 2. The summed E-state index contributed by atoms with van der Waals surface area (Å²) >= 11 is 0. The molecule has 16 heavy (non-hydrogen) atoms. The maximum Gasteiger partial charge on any atom is 0.330 e. The molecule has 1 amide bonds. The number of amides is 1. The highest BCUT2D eigenvalue weighted by Gasteiger charge is 2.31. The van der Waals surface area contributed by atoms with Gasteiger partial charge in [-0.1, -0.05) is 0 Å². The molecule has 1 aromatic heterocycles. The number of H-pyrrole nitrogens is 1. The van der Waals surface area contributed by atoms with Gasteiger partial charge < -0.3 is 10.1 Å². The quantitative estimate of drug-likeness (QED) is 0.729. The summed E-state index contributed by atoms with van der Waals surface area (Å²) in [7, 11) is 1.28. The van der Waals surface area contributed by atoms with E-state index in [0.717, 1.165) is 0 Å². The summed E-state index contributed by atoms with van der Waals surface area (Å²) in [6.07, 6.45) is 1.41. The van der Waals surface area contributed by atoms with Gasteiger partial charge >= 0.3 is 5.97 Å². The van der Waals surface area contributed by atoms with Crippen molar-refractivity contribution in [3.8, 4) is 0 Å². The molecule has 0 atom stereocenters. The summed E-state index contributed by atoms with van der Waals surface area (Å²) in [5.41, 5.74) is 0.00497. The number of hydrogen-bond donors (Lipinski definition) is 2. The highest BCUT2D eigenvalue weighted by atomic mass is 16.5. The van der Waals surface area contributed by atoms with Gasteiger partial charge in [-0.05, 0) is 20.8 Å². The van der Waals surface area contributed by atoms with Crippen molar-refractivity contribution in [2.24, 2.45) is 0 Å². The average molecular weight is 225 g/mol. The van der Waals surface area contributed by atoms with Crippen LogP contribution in [-0.4, -0.2) is 34.7 Å². The van der Waals surface area contributed by atoms with E-state index in [1.54, 1.807) is 20.8 Å². The Hall–Kier alpha value is -1.85. The smallest absolute Gasteiger partial charge is 0.330 e. The van der Waals surface area contributed by atoms with Crippen LogP contribution in [0.15, 0.2) is 6.20 Å². The highest BCUT2D eigenvalue weighted by molar-refractivity contribution is 5.98. The van der Waals surface area contributed by atoms with Crippen LogP contribution in [0.5, 0.6) is 0 Å². The summed E-state index contributed by atoms with van der Waals surface area (Å²) in [5, 5.41) is 8.96. The number of aromatic amines is 1. The van der Waals surface area contributed by atoms with Gasteiger partial charge in [-0.15, -0.1) is 0 Å². The minimum atomic E-state index is -1.06. The van der Waals surface area contributed by atoms with Crippen LogP contribution in [0, 0.1) is 6.92 Å². The van der Waals surface area contributed by atoms with Crippen LogP contribution >= 0.6 is 0 Å². The first-order chi connectivity index (χ1) is 7.38. The van der Waals surface area contributed by atoms with Crippen molar-refractivity contribution in [2.75, 3.05) is 7.11 Å².